The van der Waals surface area contributed by atoms with Crippen LogP contribution < -0.4 is 5.43 Å². The maximum absolute atomic E-state index is 12.9. The zero-order chi connectivity index (χ0) is 17.6. The smallest absolute Gasteiger partial charge is 0.288 e. The zero-order valence-electron chi connectivity index (χ0n) is 12.8. The number of hydrogen-bond donors (Lipinski definition) is 0. The lowest BCUT2D eigenvalue weighted by Crippen LogP contribution is -2.07. The standard InChI is InChI=1S/C19H11F3OS2/c20-19(21,22)13-3-1-11(2-4-13)9-12-10-16-14(5-7-24-16)15-6-8-25-18(15)17(12)23/h1-8,10H,9H2. The second-order valence-electron chi connectivity index (χ2n) is 5.73. The third-order valence-corrected chi connectivity index (χ3v) is 5.91. The molecule has 4 rings (SSSR count). The van der Waals surface area contributed by atoms with Crippen LogP contribution in [0.15, 0.2) is 58.0 Å². The highest BCUT2D eigenvalue weighted by Gasteiger charge is 2.29. The number of fused-ring (bicyclic) bond motifs is 3. The van der Waals surface area contributed by atoms with Crippen molar-refractivity contribution >= 4 is 42.8 Å². The van der Waals surface area contributed by atoms with E-state index >= 15 is 0 Å². The van der Waals surface area contributed by atoms with Crippen LogP contribution in [-0.4, -0.2) is 0 Å². The van der Waals surface area contributed by atoms with E-state index in [-0.39, 0.29) is 5.43 Å². The number of thiophene rings is 2. The van der Waals surface area contributed by atoms with Crippen LogP contribution in [0.2, 0.25) is 0 Å². The normalized spacial score (nSPS) is 12.1. The fourth-order valence-corrected chi connectivity index (χ4v) is 4.63. The molecule has 0 amide bonds. The van der Waals surface area contributed by atoms with Crippen LogP contribution >= 0.6 is 22.7 Å². The van der Waals surface area contributed by atoms with Gasteiger partial charge < -0.3 is 0 Å². The Kier molecular flexibility index (Phi) is 3.89. The zero-order valence-corrected chi connectivity index (χ0v) is 14.4. The summed E-state index contributed by atoms with van der Waals surface area (Å²) in [6.07, 6.45) is -4.04. The Labute approximate surface area is 149 Å². The van der Waals surface area contributed by atoms with Gasteiger partial charge in [0.2, 0.25) is 0 Å². The minimum Gasteiger partial charge on any atom is -0.288 e. The van der Waals surface area contributed by atoms with Crippen LogP contribution in [-0.2, 0) is 12.6 Å². The number of hydrogen-bond acceptors (Lipinski definition) is 3. The number of rotatable bonds is 2. The fourth-order valence-electron chi connectivity index (χ4n) is 2.88. The summed E-state index contributed by atoms with van der Waals surface area (Å²) in [6, 6.07) is 10.8. The summed E-state index contributed by atoms with van der Waals surface area (Å²) < 4.78 is 39.8. The molecule has 0 saturated carbocycles. The lowest BCUT2D eigenvalue weighted by atomic mass is 10.0. The molecule has 4 aromatic rings. The summed E-state index contributed by atoms with van der Waals surface area (Å²) in [5.41, 5.74) is 0.558. The maximum Gasteiger partial charge on any atom is 0.416 e. The van der Waals surface area contributed by atoms with Crippen molar-refractivity contribution in [1.82, 2.24) is 0 Å². The fraction of sp³-hybridized carbons (Fsp3) is 0.105. The van der Waals surface area contributed by atoms with Gasteiger partial charge in [0.05, 0.1) is 10.3 Å². The first-order valence-corrected chi connectivity index (χ1v) is 9.26. The van der Waals surface area contributed by atoms with Crippen molar-refractivity contribution in [3.8, 4) is 0 Å². The Morgan fingerprint density at radius 2 is 1.56 bits per heavy atom. The average molecular weight is 376 g/mol. The molecule has 0 aliphatic heterocycles. The molecule has 0 radical (unpaired) electrons. The van der Waals surface area contributed by atoms with E-state index in [0.717, 1.165) is 27.6 Å². The number of benzene rings is 1. The van der Waals surface area contributed by atoms with Crippen LogP contribution in [0.4, 0.5) is 13.2 Å². The molecule has 0 atom stereocenters. The average Bonchev–Trinajstić information content (AvgIpc) is 3.20. The summed E-state index contributed by atoms with van der Waals surface area (Å²) in [7, 11) is 0. The second-order valence-corrected chi connectivity index (χ2v) is 7.60. The first-order chi connectivity index (χ1) is 11.9. The predicted octanol–water partition coefficient (Wildman–Crippen LogP) is 6.09. The summed E-state index contributed by atoms with van der Waals surface area (Å²) in [4.78, 5) is 12.9. The molecule has 0 aliphatic carbocycles. The molecule has 126 valence electrons. The summed E-state index contributed by atoms with van der Waals surface area (Å²) in [5.74, 6) is 0. The Hall–Kier alpha value is -2.18. The van der Waals surface area contributed by atoms with Gasteiger partial charge in [-0.25, -0.2) is 0 Å². The molecule has 0 N–H and O–H groups in total. The molecule has 2 heterocycles. The van der Waals surface area contributed by atoms with Gasteiger partial charge in [0.1, 0.15) is 0 Å². The van der Waals surface area contributed by atoms with Crippen molar-refractivity contribution in [2.45, 2.75) is 12.6 Å². The lowest BCUT2D eigenvalue weighted by Gasteiger charge is -2.07. The van der Waals surface area contributed by atoms with Crippen molar-refractivity contribution < 1.29 is 13.2 Å². The van der Waals surface area contributed by atoms with Gasteiger partial charge in [-0.2, -0.15) is 13.2 Å². The molecule has 0 unspecified atom stereocenters. The third kappa shape index (κ3) is 2.96. The van der Waals surface area contributed by atoms with Gasteiger partial charge in [-0.15, -0.1) is 22.7 Å². The van der Waals surface area contributed by atoms with E-state index in [1.807, 2.05) is 29.0 Å². The minimum atomic E-state index is -4.35. The molecule has 25 heavy (non-hydrogen) atoms. The van der Waals surface area contributed by atoms with Crippen molar-refractivity contribution in [3.05, 3.63) is 80.1 Å². The first kappa shape index (κ1) is 16.3. The maximum atomic E-state index is 12.9. The molecule has 0 bridgehead atoms. The molecule has 0 aliphatic rings. The topological polar surface area (TPSA) is 17.1 Å². The van der Waals surface area contributed by atoms with Crippen molar-refractivity contribution in [3.63, 3.8) is 0 Å². The van der Waals surface area contributed by atoms with Gasteiger partial charge in [-0.3, -0.25) is 4.79 Å². The summed E-state index contributed by atoms with van der Waals surface area (Å²) >= 11 is 2.95. The first-order valence-electron chi connectivity index (χ1n) is 7.50. The van der Waals surface area contributed by atoms with E-state index in [1.165, 1.54) is 23.5 Å². The van der Waals surface area contributed by atoms with E-state index in [1.54, 1.807) is 11.3 Å². The van der Waals surface area contributed by atoms with Gasteiger partial charge in [-0.1, -0.05) is 12.1 Å². The Morgan fingerprint density at radius 1 is 0.880 bits per heavy atom. The molecule has 1 nitrogen and oxygen atoms in total. The van der Waals surface area contributed by atoms with E-state index in [2.05, 4.69) is 0 Å². The molecular weight excluding hydrogens is 365 g/mol. The summed E-state index contributed by atoms with van der Waals surface area (Å²) in [5, 5.41) is 5.85. The van der Waals surface area contributed by atoms with Gasteiger partial charge in [0.15, 0.2) is 5.43 Å². The van der Waals surface area contributed by atoms with Gasteiger partial charge in [0, 0.05) is 27.5 Å². The molecule has 6 heteroatoms. The quantitative estimate of drug-likeness (QED) is 0.414. The van der Waals surface area contributed by atoms with E-state index in [0.29, 0.717) is 22.2 Å². The van der Waals surface area contributed by atoms with Crippen LogP contribution in [0.3, 0.4) is 0 Å². The van der Waals surface area contributed by atoms with E-state index < -0.39 is 11.7 Å². The van der Waals surface area contributed by atoms with Gasteiger partial charge >= 0.3 is 6.18 Å². The van der Waals surface area contributed by atoms with Crippen molar-refractivity contribution in [2.24, 2.45) is 0 Å². The third-order valence-electron chi connectivity index (χ3n) is 4.13. The summed E-state index contributed by atoms with van der Waals surface area (Å²) in [6.45, 7) is 0. The Morgan fingerprint density at radius 3 is 2.28 bits per heavy atom. The minimum absolute atomic E-state index is 0.0479. The highest BCUT2D eigenvalue weighted by atomic mass is 32.1. The second kappa shape index (κ2) is 5.97. The molecular formula is C19H11F3OS2. The highest BCUT2D eigenvalue weighted by molar-refractivity contribution is 7.18. The Bertz CT molecular complexity index is 1120. The number of alkyl halides is 3. The molecule has 0 fully saturated rings. The van der Waals surface area contributed by atoms with Gasteiger partial charge in [-0.05, 0) is 46.7 Å². The van der Waals surface area contributed by atoms with Crippen LogP contribution in [0.25, 0.3) is 20.2 Å². The van der Waals surface area contributed by atoms with E-state index in [4.69, 9.17) is 0 Å². The molecule has 2 aromatic carbocycles. The highest BCUT2D eigenvalue weighted by Crippen LogP contribution is 2.31. The monoisotopic (exact) mass is 376 g/mol. The van der Waals surface area contributed by atoms with Crippen molar-refractivity contribution in [1.29, 1.82) is 0 Å². The Balaban J connectivity index is 1.83. The van der Waals surface area contributed by atoms with Crippen LogP contribution in [0.5, 0.6) is 0 Å². The predicted molar refractivity (Wildman–Crippen MR) is 97.7 cm³/mol. The SMILES string of the molecule is O=c1c(Cc2ccc(C(F)(F)F)cc2)cc2sccc2c2ccsc12. The molecule has 0 spiro atoms. The van der Waals surface area contributed by atoms with Gasteiger partial charge in [0.25, 0.3) is 0 Å². The molecule has 0 saturated heterocycles. The van der Waals surface area contributed by atoms with Crippen molar-refractivity contribution in [2.75, 3.05) is 0 Å². The molecule has 2 aromatic heterocycles. The largest absolute Gasteiger partial charge is 0.416 e. The van der Waals surface area contributed by atoms with Crippen LogP contribution in [0, 0.1) is 0 Å². The number of halogens is 3. The lowest BCUT2D eigenvalue weighted by molar-refractivity contribution is -0.137. The van der Waals surface area contributed by atoms with Crippen LogP contribution in [0.1, 0.15) is 16.7 Å². The van der Waals surface area contributed by atoms with E-state index in [9.17, 15) is 18.0 Å².